The van der Waals surface area contributed by atoms with E-state index in [1.54, 1.807) is 4.68 Å². The lowest BCUT2D eigenvalue weighted by Crippen LogP contribution is -2.02. The highest BCUT2D eigenvalue weighted by molar-refractivity contribution is 9.10. The molecule has 0 aliphatic heterocycles. The van der Waals surface area contributed by atoms with Crippen molar-refractivity contribution in [3.63, 3.8) is 0 Å². The molecule has 1 heterocycles. The van der Waals surface area contributed by atoms with Gasteiger partial charge in [0, 0.05) is 10.0 Å². The van der Waals surface area contributed by atoms with Crippen LogP contribution in [0.1, 0.15) is 23.7 Å². The van der Waals surface area contributed by atoms with Gasteiger partial charge in [0.25, 0.3) is 0 Å². The fourth-order valence-electron chi connectivity index (χ4n) is 1.83. The van der Waals surface area contributed by atoms with Crippen LogP contribution in [0, 0.1) is 0 Å². The van der Waals surface area contributed by atoms with E-state index < -0.39 is 0 Å². The van der Waals surface area contributed by atoms with E-state index in [9.17, 15) is 5.11 Å². The van der Waals surface area contributed by atoms with Crippen LogP contribution in [0.15, 0.2) is 28.7 Å². The van der Waals surface area contributed by atoms with E-state index in [1.807, 2.05) is 31.2 Å². The average molecular weight is 330 g/mol. The second-order valence-electron chi connectivity index (χ2n) is 4.01. The Morgan fingerprint density at radius 2 is 2.00 bits per heavy atom. The minimum atomic E-state index is -0.0671. The van der Waals surface area contributed by atoms with Gasteiger partial charge in [0.1, 0.15) is 5.15 Å². The molecule has 1 aromatic carbocycles. The smallest absolute Gasteiger partial charge is 0.133 e. The standard InChI is InChI=1S/C13H14BrClN2O/c1-2-12-11(8-18)13(15)17(16-12)7-9-3-5-10(14)6-4-9/h3-6,18H,2,7-8H2,1H3. The predicted octanol–water partition coefficient (Wildman–Crippen LogP) is 3.40. The Bertz CT molecular complexity index is 537. The second-order valence-corrected chi connectivity index (χ2v) is 5.29. The summed E-state index contributed by atoms with van der Waals surface area (Å²) in [6.45, 7) is 2.54. The van der Waals surface area contributed by atoms with Gasteiger partial charge in [-0.25, -0.2) is 4.68 Å². The number of aromatic nitrogens is 2. The minimum absolute atomic E-state index is 0.0671. The van der Waals surface area contributed by atoms with Crippen molar-refractivity contribution in [3.05, 3.63) is 50.7 Å². The number of hydrogen-bond acceptors (Lipinski definition) is 2. The lowest BCUT2D eigenvalue weighted by molar-refractivity contribution is 0.280. The number of nitrogens with zero attached hydrogens (tertiary/aromatic N) is 2. The van der Waals surface area contributed by atoms with E-state index in [4.69, 9.17) is 11.6 Å². The Morgan fingerprint density at radius 3 is 2.50 bits per heavy atom. The molecular formula is C13H14BrClN2O. The first-order valence-electron chi connectivity index (χ1n) is 5.75. The average Bonchev–Trinajstić information content (AvgIpc) is 2.68. The molecule has 0 saturated heterocycles. The van der Waals surface area contributed by atoms with Crippen molar-refractivity contribution in [2.24, 2.45) is 0 Å². The number of hydrogen-bond donors (Lipinski definition) is 1. The maximum absolute atomic E-state index is 9.30. The molecule has 2 rings (SSSR count). The Morgan fingerprint density at radius 1 is 1.33 bits per heavy atom. The molecule has 1 N–H and O–H groups in total. The van der Waals surface area contributed by atoms with Crippen molar-refractivity contribution in [3.8, 4) is 0 Å². The van der Waals surface area contributed by atoms with Crippen LogP contribution in [0.4, 0.5) is 0 Å². The van der Waals surface area contributed by atoms with Crippen molar-refractivity contribution in [2.75, 3.05) is 0 Å². The van der Waals surface area contributed by atoms with Crippen LogP contribution >= 0.6 is 27.5 Å². The highest BCUT2D eigenvalue weighted by Crippen LogP contribution is 2.22. The number of aliphatic hydroxyl groups is 1. The van der Waals surface area contributed by atoms with Gasteiger partial charge in [0.2, 0.25) is 0 Å². The second kappa shape index (κ2) is 5.87. The third-order valence-corrected chi connectivity index (χ3v) is 3.76. The zero-order valence-electron chi connectivity index (χ0n) is 10.0. The van der Waals surface area contributed by atoms with Gasteiger partial charge in [0.15, 0.2) is 0 Å². The summed E-state index contributed by atoms with van der Waals surface area (Å²) in [4.78, 5) is 0. The van der Waals surface area contributed by atoms with E-state index in [0.29, 0.717) is 11.7 Å². The molecule has 0 spiro atoms. The van der Waals surface area contributed by atoms with Gasteiger partial charge in [-0.05, 0) is 24.1 Å². The fourth-order valence-corrected chi connectivity index (χ4v) is 2.36. The summed E-state index contributed by atoms with van der Waals surface area (Å²) in [6.07, 6.45) is 0.767. The lowest BCUT2D eigenvalue weighted by atomic mass is 10.2. The molecule has 5 heteroatoms. The summed E-state index contributed by atoms with van der Waals surface area (Å²) in [6, 6.07) is 8.01. The largest absolute Gasteiger partial charge is 0.391 e. The van der Waals surface area contributed by atoms with E-state index in [1.165, 1.54) is 0 Å². The molecule has 0 amide bonds. The van der Waals surface area contributed by atoms with Crippen LogP contribution in [0.2, 0.25) is 5.15 Å². The summed E-state index contributed by atoms with van der Waals surface area (Å²) in [5, 5.41) is 14.3. The van der Waals surface area contributed by atoms with Crippen molar-refractivity contribution in [2.45, 2.75) is 26.5 Å². The van der Waals surface area contributed by atoms with E-state index in [2.05, 4.69) is 21.0 Å². The van der Waals surface area contributed by atoms with Crippen molar-refractivity contribution < 1.29 is 5.11 Å². The molecule has 0 aliphatic carbocycles. The summed E-state index contributed by atoms with van der Waals surface area (Å²) >= 11 is 9.62. The van der Waals surface area contributed by atoms with Crippen LogP contribution in [0.25, 0.3) is 0 Å². The quantitative estimate of drug-likeness (QED) is 0.933. The first kappa shape index (κ1) is 13.6. The molecule has 0 bridgehead atoms. The van der Waals surface area contributed by atoms with Crippen LogP contribution < -0.4 is 0 Å². The summed E-state index contributed by atoms with van der Waals surface area (Å²) < 4.78 is 2.78. The number of aryl methyl sites for hydroxylation is 1. The van der Waals surface area contributed by atoms with E-state index in [-0.39, 0.29) is 6.61 Å². The van der Waals surface area contributed by atoms with Crippen molar-refractivity contribution in [1.82, 2.24) is 9.78 Å². The molecule has 0 unspecified atom stereocenters. The first-order chi connectivity index (χ1) is 8.65. The van der Waals surface area contributed by atoms with E-state index in [0.717, 1.165) is 27.7 Å². The van der Waals surface area contributed by atoms with Crippen molar-refractivity contribution >= 4 is 27.5 Å². The molecular weight excluding hydrogens is 316 g/mol. The normalized spacial score (nSPS) is 10.9. The number of aliphatic hydroxyl groups excluding tert-OH is 1. The third kappa shape index (κ3) is 2.76. The molecule has 96 valence electrons. The van der Waals surface area contributed by atoms with Gasteiger partial charge >= 0.3 is 0 Å². The van der Waals surface area contributed by atoms with Gasteiger partial charge in [-0.3, -0.25) is 0 Å². The fraction of sp³-hybridized carbons (Fsp3) is 0.308. The minimum Gasteiger partial charge on any atom is -0.391 e. The zero-order valence-corrected chi connectivity index (χ0v) is 12.4. The van der Waals surface area contributed by atoms with E-state index >= 15 is 0 Å². The molecule has 1 aromatic heterocycles. The van der Waals surface area contributed by atoms with Gasteiger partial charge in [-0.2, -0.15) is 5.10 Å². The maximum Gasteiger partial charge on any atom is 0.133 e. The molecule has 0 radical (unpaired) electrons. The molecule has 2 aromatic rings. The van der Waals surface area contributed by atoms with Gasteiger partial charge in [-0.15, -0.1) is 0 Å². The van der Waals surface area contributed by atoms with Crippen LogP contribution in [-0.4, -0.2) is 14.9 Å². The number of benzene rings is 1. The highest BCUT2D eigenvalue weighted by Gasteiger charge is 2.14. The highest BCUT2D eigenvalue weighted by atomic mass is 79.9. The zero-order chi connectivity index (χ0) is 13.1. The van der Waals surface area contributed by atoms with Gasteiger partial charge < -0.3 is 5.11 Å². The summed E-state index contributed by atoms with van der Waals surface area (Å²) in [7, 11) is 0. The molecule has 0 fully saturated rings. The van der Waals surface area contributed by atoms with Gasteiger partial charge in [-0.1, -0.05) is 46.6 Å². The number of halogens is 2. The molecule has 18 heavy (non-hydrogen) atoms. The predicted molar refractivity (Wildman–Crippen MR) is 75.8 cm³/mol. The Labute approximate surface area is 120 Å². The Balaban J connectivity index is 2.29. The van der Waals surface area contributed by atoms with Crippen molar-refractivity contribution in [1.29, 1.82) is 0 Å². The third-order valence-electron chi connectivity index (χ3n) is 2.80. The maximum atomic E-state index is 9.30. The first-order valence-corrected chi connectivity index (χ1v) is 6.92. The Kier molecular flexibility index (Phi) is 4.43. The topological polar surface area (TPSA) is 38.0 Å². The molecule has 3 nitrogen and oxygen atoms in total. The molecule has 0 saturated carbocycles. The van der Waals surface area contributed by atoms with Crippen LogP contribution in [-0.2, 0) is 19.6 Å². The molecule has 0 atom stereocenters. The van der Waals surface area contributed by atoms with Crippen LogP contribution in [0.3, 0.4) is 0 Å². The molecule has 0 aliphatic rings. The lowest BCUT2D eigenvalue weighted by Gasteiger charge is -2.04. The monoisotopic (exact) mass is 328 g/mol. The Hall–Kier alpha value is -0.840. The number of rotatable bonds is 4. The van der Waals surface area contributed by atoms with Crippen LogP contribution in [0.5, 0.6) is 0 Å². The van der Waals surface area contributed by atoms with Gasteiger partial charge in [0.05, 0.1) is 18.8 Å². The summed E-state index contributed by atoms with van der Waals surface area (Å²) in [5.74, 6) is 0. The SMILES string of the molecule is CCc1nn(Cc2ccc(Br)cc2)c(Cl)c1CO. The summed E-state index contributed by atoms with van der Waals surface area (Å²) in [5.41, 5.74) is 2.71.